The predicted molar refractivity (Wildman–Crippen MR) is 416 cm³/mol. The Morgan fingerprint density at radius 1 is 0.257 bits per heavy atom. The summed E-state index contributed by atoms with van der Waals surface area (Å²) in [4.78, 5) is 0. The van der Waals surface area contributed by atoms with Crippen molar-refractivity contribution >= 4 is 0 Å². The number of benzene rings is 6. The first-order chi connectivity index (χ1) is 50.0. The number of unbranched alkanes of at least 4 members (excludes halogenated alkanes) is 26. The highest BCUT2D eigenvalue weighted by molar-refractivity contribution is 5.62. The fraction of sp³-hybridized carbons (Fsp3) is 0.516. The largest absolute Gasteiger partial charge is 0.492 e. The molecule has 0 radical (unpaired) electrons. The van der Waals surface area contributed by atoms with Crippen molar-refractivity contribution in [1.82, 2.24) is 0 Å². The van der Waals surface area contributed by atoms with E-state index in [9.17, 15) is 0 Å². The van der Waals surface area contributed by atoms with E-state index >= 15 is 0 Å². The second-order valence-corrected chi connectivity index (χ2v) is 25.9. The van der Waals surface area contributed by atoms with Gasteiger partial charge in [-0.15, -0.1) is 5.92 Å². The van der Waals surface area contributed by atoms with Crippen LogP contribution in [0.4, 0.5) is 0 Å². The highest BCUT2D eigenvalue weighted by Gasteiger charge is 2.15. The lowest BCUT2D eigenvalue weighted by Gasteiger charge is -2.15. The van der Waals surface area contributed by atoms with Crippen LogP contribution in [0.2, 0.25) is 0 Å². The summed E-state index contributed by atoms with van der Waals surface area (Å²) >= 11 is 0. The summed E-state index contributed by atoms with van der Waals surface area (Å²) in [5, 5.41) is 0. The van der Waals surface area contributed by atoms with E-state index in [0.29, 0.717) is 114 Å². The third-order valence-corrected chi connectivity index (χ3v) is 17.3. The molecule has 1 heterocycles. The Labute approximate surface area is 610 Å². The predicted octanol–water partition coefficient (Wildman–Crippen LogP) is 22.5. The number of ether oxygens (including phenoxy) is 10. The molecule has 1 aliphatic rings. The number of hydrogen-bond acceptors (Lipinski definition) is 10. The van der Waals surface area contributed by atoms with Gasteiger partial charge in [0.05, 0.1) is 75.1 Å². The molecular weight excluding hydrogens is 1250 g/mol. The van der Waals surface area contributed by atoms with Crippen LogP contribution in [0.15, 0.2) is 127 Å². The lowest BCUT2D eigenvalue weighted by Crippen LogP contribution is -2.15. The standard InChI is InChI=1S/C54H68O8.C37H52O2/c1-3-5-7-9-11-12-14-21-33-58-53-43-47(29-26-45-22-16-15-17-23-45)52(57-32-20-13-10-8-6-4-2)44-48(53)30-27-46-28-31-51-54(42-46)62-41-37-56-35-39-60-50-25-19-18-24-49(50)59-38-34-55-36-40-61-51;1-4-7-9-11-13-15-17-22-29-38-36-32-35(28-27-33-25-20-19-21-26-33)37(31-34(36)24-6-3)39-30-23-18-16-14-12-10-8-5-2/h15-19,22-25,28,31,42-44H,3-14,20-21,32-41H2,1-2H3;19-21,25-26,31-32H,4-5,7-18,22-23,29-30H2,1-3H3. The van der Waals surface area contributed by atoms with Crippen molar-refractivity contribution in [2.45, 2.75) is 227 Å². The number of para-hydroxylation sites is 2. The highest BCUT2D eigenvalue weighted by Crippen LogP contribution is 2.33. The Bertz CT molecular complexity index is 3420. The summed E-state index contributed by atoms with van der Waals surface area (Å²) in [6.45, 7) is 16.6. The van der Waals surface area contributed by atoms with Gasteiger partial charge in [-0.05, 0) is 87.2 Å². The van der Waals surface area contributed by atoms with Gasteiger partial charge in [0.2, 0.25) is 0 Å². The maximum absolute atomic E-state index is 6.52. The molecule has 6 aromatic rings. The Hall–Kier alpha value is -8.12. The van der Waals surface area contributed by atoms with Crippen LogP contribution in [-0.2, 0) is 9.47 Å². The normalized spacial score (nSPS) is 12.2. The molecule has 0 aromatic heterocycles. The molecule has 7 rings (SSSR count). The quantitative estimate of drug-likeness (QED) is 0.0276. The van der Waals surface area contributed by atoms with E-state index in [1.807, 2.05) is 134 Å². The highest BCUT2D eigenvalue weighted by atomic mass is 16.6. The van der Waals surface area contributed by atoms with Crippen molar-refractivity contribution in [3.05, 3.63) is 166 Å². The van der Waals surface area contributed by atoms with Crippen molar-refractivity contribution in [3.8, 4) is 93.4 Å². The molecule has 0 N–H and O–H groups in total. The average Bonchev–Trinajstić information content (AvgIpc) is 0.836. The van der Waals surface area contributed by atoms with Gasteiger partial charge in [-0.2, -0.15) is 0 Å². The Morgan fingerprint density at radius 2 is 0.535 bits per heavy atom. The fourth-order valence-electron chi connectivity index (χ4n) is 11.5. The van der Waals surface area contributed by atoms with Gasteiger partial charge < -0.3 is 47.4 Å². The van der Waals surface area contributed by atoms with Gasteiger partial charge in [0.25, 0.3) is 0 Å². The van der Waals surface area contributed by atoms with Crippen LogP contribution in [0.1, 0.15) is 266 Å². The summed E-state index contributed by atoms with van der Waals surface area (Å²) in [7, 11) is 0. The third kappa shape index (κ3) is 35.9. The van der Waals surface area contributed by atoms with Crippen LogP contribution < -0.4 is 37.9 Å². The summed E-state index contributed by atoms with van der Waals surface area (Å²) in [6.07, 6.45) is 37.5. The third-order valence-electron chi connectivity index (χ3n) is 17.3. The molecule has 10 nitrogen and oxygen atoms in total. The topological polar surface area (TPSA) is 92.3 Å². The number of hydrogen-bond donors (Lipinski definition) is 0. The summed E-state index contributed by atoms with van der Waals surface area (Å²) in [5.41, 5.74) is 6.00. The number of rotatable bonds is 38. The molecule has 0 saturated carbocycles. The van der Waals surface area contributed by atoms with E-state index < -0.39 is 0 Å². The average molecular weight is 1370 g/mol. The fourth-order valence-corrected chi connectivity index (χ4v) is 11.5. The molecule has 10 heteroatoms. The van der Waals surface area contributed by atoms with Crippen LogP contribution in [-0.4, -0.2) is 79.3 Å². The van der Waals surface area contributed by atoms with E-state index in [1.54, 1.807) is 0 Å². The summed E-state index contributed by atoms with van der Waals surface area (Å²) in [6, 6.07) is 41.6. The Morgan fingerprint density at radius 3 is 0.861 bits per heavy atom. The van der Waals surface area contributed by atoms with Crippen molar-refractivity contribution in [1.29, 1.82) is 0 Å². The minimum Gasteiger partial charge on any atom is -0.492 e. The molecular formula is C91H120O10. The van der Waals surface area contributed by atoms with Gasteiger partial charge in [-0.25, -0.2) is 0 Å². The molecule has 0 fully saturated rings. The van der Waals surface area contributed by atoms with E-state index in [4.69, 9.17) is 47.4 Å². The van der Waals surface area contributed by atoms with Gasteiger partial charge >= 0.3 is 0 Å². The van der Waals surface area contributed by atoms with Crippen LogP contribution in [0.5, 0.6) is 46.0 Å². The molecule has 0 aliphatic carbocycles. The summed E-state index contributed by atoms with van der Waals surface area (Å²) in [5.74, 6) is 32.0. The second kappa shape index (κ2) is 54.6. The van der Waals surface area contributed by atoms with Crippen LogP contribution in [0.3, 0.4) is 0 Å². The van der Waals surface area contributed by atoms with Crippen LogP contribution in [0.25, 0.3) is 0 Å². The van der Waals surface area contributed by atoms with Crippen molar-refractivity contribution < 1.29 is 47.4 Å². The molecule has 0 saturated heterocycles. The Balaban J connectivity index is 0.000000354. The van der Waals surface area contributed by atoms with Gasteiger partial charge in [-0.3, -0.25) is 0 Å². The molecule has 0 amide bonds. The molecule has 0 unspecified atom stereocenters. The zero-order chi connectivity index (χ0) is 70.9. The van der Waals surface area contributed by atoms with Gasteiger partial charge in [0.1, 0.15) is 49.4 Å². The smallest absolute Gasteiger partial charge is 0.162 e. The van der Waals surface area contributed by atoms with E-state index in [1.165, 1.54) is 154 Å². The minimum absolute atomic E-state index is 0.324. The molecule has 0 bridgehead atoms. The maximum Gasteiger partial charge on any atom is 0.162 e. The first kappa shape index (κ1) is 81.8. The lowest BCUT2D eigenvalue weighted by molar-refractivity contribution is 0.0640. The maximum atomic E-state index is 6.52. The molecule has 1 aliphatic heterocycles. The molecule has 544 valence electrons. The SMILES string of the molecule is CC#Cc1cc(OCCCCCCCCCC)c(C#Cc2ccccc2)cc1OCCCCCCCCCC.CCCCCCCCCCOc1cc(C#Cc2ccccc2)c(OCCCCCCCC)cc1C#Cc1ccc2c(c1)OCCOCCOc1ccccc1OCCOCCO2. The van der Waals surface area contributed by atoms with Gasteiger partial charge in [-0.1, -0.05) is 285 Å². The first-order valence-electron chi connectivity index (χ1n) is 38.9. The van der Waals surface area contributed by atoms with Crippen molar-refractivity contribution in [2.75, 3.05) is 79.3 Å². The van der Waals surface area contributed by atoms with Crippen molar-refractivity contribution in [3.63, 3.8) is 0 Å². The molecule has 6 aromatic carbocycles. The zero-order valence-corrected chi connectivity index (χ0v) is 62.4. The first-order valence-corrected chi connectivity index (χ1v) is 38.9. The van der Waals surface area contributed by atoms with Crippen LogP contribution >= 0.6 is 0 Å². The van der Waals surface area contributed by atoms with Crippen molar-refractivity contribution in [2.24, 2.45) is 0 Å². The molecule has 101 heavy (non-hydrogen) atoms. The second-order valence-electron chi connectivity index (χ2n) is 25.9. The minimum atomic E-state index is 0.324. The molecule has 0 spiro atoms. The lowest BCUT2D eigenvalue weighted by atomic mass is 10.1. The Kier molecular flexibility index (Phi) is 44.3. The summed E-state index contributed by atoms with van der Waals surface area (Å²) < 4.78 is 61.4. The number of fused-ring (bicyclic) bond motifs is 2. The van der Waals surface area contributed by atoms with E-state index in [2.05, 4.69) is 75.1 Å². The molecule has 0 atom stereocenters. The monoisotopic (exact) mass is 1370 g/mol. The van der Waals surface area contributed by atoms with E-state index in [-0.39, 0.29) is 0 Å². The van der Waals surface area contributed by atoms with E-state index in [0.717, 1.165) is 89.0 Å². The van der Waals surface area contributed by atoms with Gasteiger partial charge in [0.15, 0.2) is 23.0 Å². The van der Waals surface area contributed by atoms with Gasteiger partial charge in [0, 0.05) is 41.0 Å². The zero-order valence-electron chi connectivity index (χ0n) is 62.4. The van der Waals surface area contributed by atoms with Crippen LogP contribution in [0, 0.1) is 47.4 Å².